The predicted molar refractivity (Wildman–Crippen MR) is 124 cm³/mol. The minimum Gasteiger partial charge on any atom is -0.493 e. The normalized spacial score (nSPS) is 15.0. The van der Waals surface area contributed by atoms with E-state index in [0.717, 1.165) is 16.0 Å². The number of rotatable bonds is 7. The molecule has 1 aliphatic heterocycles. The fraction of sp³-hybridized carbons (Fsp3) is 0.160. The van der Waals surface area contributed by atoms with E-state index in [9.17, 15) is 14.4 Å². The molecule has 4 rings (SSSR count). The number of barbiturate groups is 1. The van der Waals surface area contributed by atoms with E-state index in [-0.39, 0.29) is 23.7 Å². The SMILES string of the molecule is COc1cc(/C=C2\C(=O)NC(=O)N(Cc3ccco3)C2=O)cc(Cl)c1OCc1cccc(C)c1. The predicted octanol–water partition coefficient (Wildman–Crippen LogP) is 4.49. The Hall–Kier alpha value is -4.04. The van der Waals surface area contributed by atoms with Crippen LogP contribution in [0.15, 0.2) is 64.8 Å². The Morgan fingerprint density at radius 2 is 1.94 bits per heavy atom. The Morgan fingerprint density at radius 3 is 2.65 bits per heavy atom. The van der Waals surface area contributed by atoms with Gasteiger partial charge in [0.15, 0.2) is 11.5 Å². The third-order valence-corrected chi connectivity index (χ3v) is 5.39. The van der Waals surface area contributed by atoms with E-state index in [1.165, 1.54) is 19.4 Å². The van der Waals surface area contributed by atoms with Crippen molar-refractivity contribution < 1.29 is 28.3 Å². The maximum absolute atomic E-state index is 12.9. The molecule has 8 nitrogen and oxygen atoms in total. The Labute approximate surface area is 200 Å². The standard InChI is InChI=1S/C25H21ClN2O6/c1-15-5-3-6-16(9-15)14-34-22-20(26)11-17(12-21(22)32-2)10-19-23(29)27-25(31)28(24(19)30)13-18-7-4-8-33-18/h3-12H,13-14H2,1-2H3,(H,27,29,31)/b19-10+. The molecule has 1 N–H and O–H groups in total. The number of nitrogens with zero attached hydrogens (tertiary/aromatic N) is 1. The van der Waals surface area contributed by atoms with Crippen LogP contribution in [0.2, 0.25) is 5.02 Å². The monoisotopic (exact) mass is 480 g/mol. The van der Waals surface area contributed by atoms with Gasteiger partial charge >= 0.3 is 6.03 Å². The molecule has 0 radical (unpaired) electrons. The van der Waals surface area contributed by atoms with Crippen LogP contribution in [0.25, 0.3) is 6.08 Å². The number of halogens is 1. The van der Waals surface area contributed by atoms with Crippen molar-refractivity contribution in [3.63, 3.8) is 0 Å². The number of hydrogen-bond acceptors (Lipinski definition) is 6. The molecule has 2 aromatic carbocycles. The van der Waals surface area contributed by atoms with Crippen LogP contribution in [0.1, 0.15) is 22.5 Å². The van der Waals surface area contributed by atoms with Crippen molar-refractivity contribution in [3.8, 4) is 11.5 Å². The average molecular weight is 481 g/mol. The molecular weight excluding hydrogens is 460 g/mol. The van der Waals surface area contributed by atoms with Crippen molar-refractivity contribution in [3.05, 3.63) is 87.8 Å². The molecule has 174 valence electrons. The Kier molecular flexibility index (Phi) is 6.70. The summed E-state index contributed by atoms with van der Waals surface area (Å²) in [6.45, 7) is 2.16. The summed E-state index contributed by atoms with van der Waals surface area (Å²) in [5, 5.41) is 2.41. The van der Waals surface area contributed by atoms with Crippen molar-refractivity contribution in [1.82, 2.24) is 10.2 Å². The van der Waals surface area contributed by atoms with Gasteiger partial charge in [0.25, 0.3) is 11.8 Å². The van der Waals surface area contributed by atoms with Crippen LogP contribution >= 0.6 is 11.6 Å². The first-order valence-corrected chi connectivity index (χ1v) is 10.7. The van der Waals surface area contributed by atoms with Gasteiger partial charge in [-0.2, -0.15) is 0 Å². The molecule has 1 saturated heterocycles. The zero-order valence-electron chi connectivity index (χ0n) is 18.5. The molecule has 1 fully saturated rings. The minimum atomic E-state index is -0.820. The van der Waals surface area contributed by atoms with Gasteiger partial charge in [0.2, 0.25) is 0 Å². The largest absolute Gasteiger partial charge is 0.493 e. The molecule has 0 spiro atoms. The van der Waals surface area contributed by atoms with Gasteiger partial charge in [-0.25, -0.2) is 4.79 Å². The molecule has 0 atom stereocenters. The second-order valence-electron chi connectivity index (χ2n) is 7.60. The lowest BCUT2D eigenvalue weighted by atomic mass is 10.1. The molecule has 0 saturated carbocycles. The van der Waals surface area contributed by atoms with Gasteiger partial charge in [0.05, 0.1) is 24.9 Å². The highest BCUT2D eigenvalue weighted by Crippen LogP contribution is 2.37. The molecule has 3 aromatic rings. The lowest BCUT2D eigenvalue weighted by Gasteiger charge is -2.25. The number of benzene rings is 2. The van der Waals surface area contributed by atoms with Crippen LogP contribution in [-0.4, -0.2) is 29.9 Å². The number of carbonyl (C=O) groups is 3. The van der Waals surface area contributed by atoms with E-state index in [0.29, 0.717) is 22.8 Å². The number of furan rings is 1. The molecule has 2 heterocycles. The van der Waals surface area contributed by atoms with Gasteiger partial charge in [-0.15, -0.1) is 0 Å². The quantitative estimate of drug-likeness (QED) is 0.395. The number of hydrogen-bond donors (Lipinski definition) is 1. The highest BCUT2D eigenvalue weighted by atomic mass is 35.5. The third-order valence-electron chi connectivity index (χ3n) is 5.11. The molecule has 9 heteroatoms. The van der Waals surface area contributed by atoms with Crippen LogP contribution in [0, 0.1) is 6.92 Å². The first-order chi connectivity index (χ1) is 16.4. The summed E-state index contributed by atoms with van der Waals surface area (Å²) in [5.74, 6) is -0.487. The summed E-state index contributed by atoms with van der Waals surface area (Å²) in [6, 6.07) is 13.5. The highest BCUT2D eigenvalue weighted by molar-refractivity contribution is 6.33. The topological polar surface area (TPSA) is 98.1 Å². The number of methoxy groups -OCH3 is 1. The Bertz CT molecular complexity index is 1280. The summed E-state index contributed by atoms with van der Waals surface area (Å²) < 4.78 is 16.5. The van der Waals surface area contributed by atoms with Crippen molar-refractivity contribution >= 4 is 35.5 Å². The number of imide groups is 2. The van der Waals surface area contributed by atoms with Crippen LogP contribution in [0.4, 0.5) is 4.79 Å². The van der Waals surface area contributed by atoms with E-state index in [4.69, 9.17) is 25.5 Å². The molecular formula is C25H21ClN2O6. The smallest absolute Gasteiger partial charge is 0.331 e. The first-order valence-electron chi connectivity index (χ1n) is 10.3. The number of carbonyl (C=O) groups excluding carboxylic acids is 3. The number of nitrogens with one attached hydrogen (secondary N) is 1. The van der Waals surface area contributed by atoms with E-state index in [1.807, 2.05) is 31.2 Å². The number of aryl methyl sites for hydroxylation is 1. The molecule has 1 aliphatic rings. The van der Waals surface area contributed by atoms with E-state index < -0.39 is 17.8 Å². The Balaban J connectivity index is 1.59. The molecule has 0 aliphatic carbocycles. The van der Waals surface area contributed by atoms with E-state index >= 15 is 0 Å². The van der Waals surface area contributed by atoms with Gasteiger partial charge in [0.1, 0.15) is 17.9 Å². The maximum atomic E-state index is 12.9. The minimum absolute atomic E-state index is 0.113. The van der Waals surface area contributed by atoms with Gasteiger partial charge < -0.3 is 13.9 Å². The molecule has 0 bridgehead atoms. The van der Waals surface area contributed by atoms with Gasteiger partial charge in [0, 0.05) is 0 Å². The second kappa shape index (κ2) is 9.84. The van der Waals surface area contributed by atoms with E-state index in [1.54, 1.807) is 24.3 Å². The molecule has 34 heavy (non-hydrogen) atoms. The van der Waals surface area contributed by atoms with Crippen LogP contribution in [0.3, 0.4) is 0 Å². The summed E-state index contributed by atoms with van der Waals surface area (Å²) >= 11 is 6.45. The molecule has 0 unspecified atom stereocenters. The van der Waals surface area contributed by atoms with Crippen LogP contribution in [-0.2, 0) is 22.7 Å². The fourth-order valence-corrected chi connectivity index (χ4v) is 3.76. The Morgan fingerprint density at radius 1 is 1.12 bits per heavy atom. The first kappa shape index (κ1) is 23.1. The second-order valence-corrected chi connectivity index (χ2v) is 8.01. The fourth-order valence-electron chi connectivity index (χ4n) is 3.48. The van der Waals surface area contributed by atoms with Crippen LogP contribution in [0.5, 0.6) is 11.5 Å². The highest BCUT2D eigenvalue weighted by Gasteiger charge is 2.36. The lowest BCUT2D eigenvalue weighted by molar-refractivity contribution is -0.130. The van der Waals surface area contributed by atoms with Crippen molar-refractivity contribution in [2.24, 2.45) is 0 Å². The number of amides is 4. The van der Waals surface area contributed by atoms with Crippen LogP contribution < -0.4 is 14.8 Å². The zero-order chi connectivity index (χ0) is 24.2. The van der Waals surface area contributed by atoms with Gasteiger partial charge in [-0.05, 0) is 48.4 Å². The van der Waals surface area contributed by atoms with Crippen molar-refractivity contribution in [2.45, 2.75) is 20.1 Å². The van der Waals surface area contributed by atoms with E-state index in [2.05, 4.69) is 5.32 Å². The lowest BCUT2D eigenvalue weighted by Crippen LogP contribution is -2.53. The summed E-state index contributed by atoms with van der Waals surface area (Å²) in [5.41, 5.74) is 2.28. The number of ether oxygens (including phenoxy) is 2. The third kappa shape index (κ3) is 4.97. The maximum Gasteiger partial charge on any atom is 0.331 e. The summed E-state index contributed by atoms with van der Waals surface area (Å²) in [4.78, 5) is 38.4. The summed E-state index contributed by atoms with van der Waals surface area (Å²) in [7, 11) is 1.46. The number of urea groups is 1. The van der Waals surface area contributed by atoms with Gasteiger partial charge in [-0.1, -0.05) is 41.4 Å². The van der Waals surface area contributed by atoms with Crippen molar-refractivity contribution in [2.75, 3.05) is 7.11 Å². The molecule has 1 aromatic heterocycles. The zero-order valence-corrected chi connectivity index (χ0v) is 19.2. The average Bonchev–Trinajstić information content (AvgIpc) is 3.32. The van der Waals surface area contributed by atoms with Crippen molar-refractivity contribution in [1.29, 1.82) is 0 Å². The van der Waals surface area contributed by atoms with Gasteiger partial charge in [-0.3, -0.25) is 19.8 Å². The molecule has 4 amide bonds. The summed E-state index contributed by atoms with van der Waals surface area (Å²) in [6.07, 6.45) is 2.78.